The molecule has 0 spiro atoms. The van der Waals surface area contributed by atoms with Crippen molar-refractivity contribution in [1.29, 1.82) is 0 Å². The molecule has 5 heteroatoms. The number of allylic oxidation sites excluding steroid dienone is 3. The molecule has 4 N–H and O–H groups in total. The summed E-state index contributed by atoms with van der Waals surface area (Å²) < 4.78 is 0. The van der Waals surface area contributed by atoms with Crippen LogP contribution < -0.4 is 0 Å². The molecule has 0 aliphatic heterocycles. The molecule has 0 aliphatic rings. The topological polar surface area (TPSA) is 98.0 Å². The van der Waals surface area contributed by atoms with Gasteiger partial charge in [-0.1, -0.05) is 35.9 Å². The average molecular weight is 408 g/mol. The molecule has 0 fully saturated rings. The Bertz CT molecular complexity index is 1010. The molecule has 1 atom stereocenters. The number of hydrogen-bond donors (Lipinski definition) is 4. The lowest BCUT2D eigenvalue weighted by molar-refractivity contribution is 0.104. The van der Waals surface area contributed by atoms with Gasteiger partial charge in [-0.2, -0.15) is 0 Å². The van der Waals surface area contributed by atoms with E-state index in [0.717, 1.165) is 16.7 Å². The number of ketones is 1. The molecule has 0 bridgehead atoms. The van der Waals surface area contributed by atoms with Gasteiger partial charge in [0.15, 0.2) is 5.78 Å². The normalized spacial score (nSPS) is 12.0. The van der Waals surface area contributed by atoms with Crippen LogP contribution in [0.3, 0.4) is 0 Å². The smallest absolute Gasteiger partial charge is 0.189 e. The molecule has 0 unspecified atom stereocenters. The van der Waals surface area contributed by atoms with Crippen molar-refractivity contribution in [2.24, 2.45) is 0 Å². The molecule has 0 amide bonds. The largest absolute Gasteiger partial charge is 0.508 e. The quantitative estimate of drug-likeness (QED) is 0.289. The van der Waals surface area contributed by atoms with Crippen LogP contribution in [0.4, 0.5) is 0 Å². The lowest BCUT2D eigenvalue weighted by atomic mass is 9.97. The van der Waals surface area contributed by atoms with E-state index in [-0.39, 0.29) is 34.8 Å². The van der Waals surface area contributed by atoms with Crippen molar-refractivity contribution in [1.82, 2.24) is 0 Å². The number of phenolic OH excluding ortho intramolecular Hbond substituents is 3. The van der Waals surface area contributed by atoms with Gasteiger partial charge in [-0.3, -0.25) is 4.79 Å². The molecule has 158 valence electrons. The highest BCUT2D eigenvalue weighted by Crippen LogP contribution is 2.33. The minimum absolute atomic E-state index is 0.0245. The fourth-order valence-electron chi connectivity index (χ4n) is 2.84. The zero-order valence-electron chi connectivity index (χ0n) is 17.5. The highest BCUT2D eigenvalue weighted by molar-refractivity contribution is 6.09. The molecule has 0 saturated heterocycles. The van der Waals surface area contributed by atoms with Gasteiger partial charge in [-0.15, -0.1) is 0 Å². The Balaban J connectivity index is 2.28. The molecule has 2 rings (SSSR count). The number of aliphatic hydroxyl groups is 1. The zero-order valence-corrected chi connectivity index (χ0v) is 17.5. The Hall–Kier alpha value is -3.31. The summed E-state index contributed by atoms with van der Waals surface area (Å²) in [6.07, 6.45) is 4.51. The molecule has 30 heavy (non-hydrogen) atoms. The first-order chi connectivity index (χ1) is 14.1. The van der Waals surface area contributed by atoms with E-state index in [4.69, 9.17) is 0 Å². The van der Waals surface area contributed by atoms with E-state index >= 15 is 0 Å². The maximum absolute atomic E-state index is 12.6. The van der Waals surface area contributed by atoms with Crippen molar-refractivity contribution in [2.75, 3.05) is 0 Å². The number of benzene rings is 2. The van der Waals surface area contributed by atoms with Crippen molar-refractivity contribution in [3.05, 3.63) is 82.5 Å². The van der Waals surface area contributed by atoms with Crippen molar-refractivity contribution < 1.29 is 25.2 Å². The second-order valence-corrected chi connectivity index (χ2v) is 7.60. The standard InChI is InChI=1S/C25H28O5/c1-15(2)5-8-18-13-17(6-10-21(18)26)7-11-22(27)19-9-12-23(28)20(25(19)30)14-24(29)16(3)4/h5-7,9-13,24,26,28-30H,3,8,14H2,1-2,4H3/b11-7+/t24-/m0/s1. The van der Waals surface area contributed by atoms with Gasteiger partial charge in [-0.25, -0.2) is 0 Å². The van der Waals surface area contributed by atoms with Crippen LogP contribution in [0.15, 0.2) is 60.2 Å². The summed E-state index contributed by atoms with van der Waals surface area (Å²) in [4.78, 5) is 12.6. The predicted molar refractivity (Wildman–Crippen MR) is 119 cm³/mol. The van der Waals surface area contributed by atoms with Crippen molar-refractivity contribution in [2.45, 2.75) is 39.7 Å². The Labute approximate surface area is 177 Å². The number of rotatable bonds is 8. The Kier molecular flexibility index (Phi) is 7.61. The van der Waals surface area contributed by atoms with Crippen LogP contribution in [0, 0.1) is 0 Å². The predicted octanol–water partition coefficient (Wildman–Crippen LogP) is 4.69. The molecule has 2 aromatic carbocycles. The van der Waals surface area contributed by atoms with Crippen LogP contribution in [0.2, 0.25) is 0 Å². The maximum Gasteiger partial charge on any atom is 0.189 e. The van der Waals surface area contributed by atoms with Gasteiger partial charge in [0.25, 0.3) is 0 Å². The fourth-order valence-corrected chi connectivity index (χ4v) is 2.84. The Morgan fingerprint density at radius 1 is 1.07 bits per heavy atom. The van der Waals surface area contributed by atoms with Gasteiger partial charge >= 0.3 is 0 Å². The van der Waals surface area contributed by atoms with Crippen LogP contribution in [-0.2, 0) is 12.8 Å². The molecule has 5 nitrogen and oxygen atoms in total. The number of carbonyl (C=O) groups is 1. The summed E-state index contributed by atoms with van der Waals surface area (Å²) in [6, 6.07) is 7.72. The maximum atomic E-state index is 12.6. The first kappa shape index (κ1) is 23.0. The second-order valence-electron chi connectivity index (χ2n) is 7.60. The van der Waals surface area contributed by atoms with E-state index in [1.165, 1.54) is 18.2 Å². The number of carbonyl (C=O) groups excluding carboxylic acids is 1. The lowest BCUT2D eigenvalue weighted by Crippen LogP contribution is -2.12. The summed E-state index contributed by atoms with van der Waals surface area (Å²) >= 11 is 0. The molecular weight excluding hydrogens is 380 g/mol. The van der Waals surface area contributed by atoms with E-state index < -0.39 is 11.9 Å². The summed E-state index contributed by atoms with van der Waals surface area (Å²) in [5.74, 6) is -0.818. The zero-order chi connectivity index (χ0) is 22.4. The van der Waals surface area contributed by atoms with Crippen molar-refractivity contribution in [3.63, 3.8) is 0 Å². The second kappa shape index (κ2) is 9.94. The van der Waals surface area contributed by atoms with Gasteiger partial charge in [0.2, 0.25) is 0 Å². The van der Waals surface area contributed by atoms with Crippen LogP contribution >= 0.6 is 0 Å². The minimum atomic E-state index is -0.945. The number of aromatic hydroxyl groups is 3. The number of hydrogen-bond acceptors (Lipinski definition) is 5. The van der Waals surface area contributed by atoms with E-state index in [1.807, 2.05) is 19.9 Å². The van der Waals surface area contributed by atoms with Crippen LogP contribution in [0.25, 0.3) is 6.08 Å². The van der Waals surface area contributed by atoms with E-state index in [0.29, 0.717) is 12.0 Å². The highest BCUT2D eigenvalue weighted by Gasteiger charge is 2.19. The van der Waals surface area contributed by atoms with Gasteiger partial charge in [0.1, 0.15) is 17.2 Å². The molecule has 0 radical (unpaired) electrons. The summed E-state index contributed by atoms with van der Waals surface area (Å²) in [5.41, 5.74) is 3.22. The van der Waals surface area contributed by atoms with E-state index in [9.17, 15) is 25.2 Å². The summed E-state index contributed by atoms with van der Waals surface area (Å²) in [7, 11) is 0. The third kappa shape index (κ3) is 5.84. The molecule has 0 aliphatic carbocycles. The fraction of sp³-hybridized carbons (Fsp3) is 0.240. The van der Waals surface area contributed by atoms with E-state index in [2.05, 4.69) is 6.58 Å². The molecule has 2 aromatic rings. The third-order valence-corrected chi connectivity index (χ3v) is 4.75. The monoisotopic (exact) mass is 408 g/mol. The first-order valence-electron chi connectivity index (χ1n) is 9.65. The van der Waals surface area contributed by atoms with Crippen molar-refractivity contribution >= 4 is 11.9 Å². The van der Waals surface area contributed by atoms with Gasteiger partial charge in [0.05, 0.1) is 11.7 Å². The lowest BCUT2D eigenvalue weighted by Gasteiger charge is -2.14. The van der Waals surface area contributed by atoms with Crippen LogP contribution in [0.5, 0.6) is 17.2 Å². The molecule has 0 saturated carbocycles. The van der Waals surface area contributed by atoms with Gasteiger partial charge in [-0.05, 0) is 68.7 Å². The van der Waals surface area contributed by atoms with Crippen molar-refractivity contribution in [3.8, 4) is 17.2 Å². The SMILES string of the molecule is C=C(C)[C@@H](O)Cc1c(O)ccc(C(=O)/C=C/c2ccc(O)c(CC=C(C)C)c2)c1O. The van der Waals surface area contributed by atoms with Crippen LogP contribution in [0.1, 0.15) is 47.8 Å². The Morgan fingerprint density at radius 3 is 2.37 bits per heavy atom. The van der Waals surface area contributed by atoms with Crippen LogP contribution in [-0.4, -0.2) is 32.3 Å². The molecular formula is C25H28O5. The highest BCUT2D eigenvalue weighted by atomic mass is 16.3. The number of aliphatic hydroxyl groups excluding tert-OH is 1. The van der Waals surface area contributed by atoms with Gasteiger partial charge in [0, 0.05) is 12.0 Å². The molecule has 0 aromatic heterocycles. The first-order valence-corrected chi connectivity index (χ1v) is 9.65. The Morgan fingerprint density at radius 2 is 1.73 bits per heavy atom. The minimum Gasteiger partial charge on any atom is -0.508 e. The van der Waals surface area contributed by atoms with E-state index in [1.54, 1.807) is 31.2 Å². The molecule has 0 heterocycles. The third-order valence-electron chi connectivity index (χ3n) is 4.75. The summed E-state index contributed by atoms with van der Waals surface area (Å²) in [5, 5.41) is 40.5. The summed E-state index contributed by atoms with van der Waals surface area (Å²) in [6.45, 7) is 9.25. The average Bonchev–Trinajstić information content (AvgIpc) is 2.68. The van der Waals surface area contributed by atoms with Gasteiger partial charge < -0.3 is 20.4 Å². The number of phenols is 3.